The highest BCUT2D eigenvalue weighted by Gasteiger charge is 2.10. The van der Waals surface area contributed by atoms with Gasteiger partial charge in [0.05, 0.1) is 38.0 Å². The second kappa shape index (κ2) is 10.4. The molecule has 0 unspecified atom stereocenters. The van der Waals surface area contributed by atoms with Crippen LogP contribution >= 0.6 is 34.8 Å². The molecule has 7 nitrogen and oxygen atoms in total. The summed E-state index contributed by atoms with van der Waals surface area (Å²) in [4.78, 5) is 17.7. The third kappa shape index (κ3) is 6.45. The Morgan fingerprint density at radius 3 is 1.89 bits per heavy atom. The number of hydrogen-bond donors (Lipinski definition) is 1. The Morgan fingerprint density at radius 1 is 0.786 bits per heavy atom. The van der Waals surface area contributed by atoms with Crippen LogP contribution in [-0.2, 0) is 4.74 Å². The number of nitrogens with zero attached hydrogens (tertiary/aromatic N) is 5. The zero-order valence-corrected chi connectivity index (χ0v) is 17.0. The minimum atomic E-state index is 0.317. The minimum Gasteiger partial charge on any atom is -0.378 e. The number of aromatic nitrogens is 4. The molecule has 1 saturated heterocycles. The van der Waals surface area contributed by atoms with Crippen molar-refractivity contribution in [2.24, 2.45) is 0 Å². The van der Waals surface area contributed by atoms with Gasteiger partial charge in [-0.25, -0.2) is 9.97 Å². The van der Waals surface area contributed by atoms with E-state index in [1.54, 1.807) is 6.20 Å². The maximum Gasteiger partial charge on any atom is 0.150 e. The van der Waals surface area contributed by atoms with E-state index in [1.165, 1.54) is 24.3 Å². The van der Waals surface area contributed by atoms with Crippen LogP contribution in [-0.4, -0.2) is 46.2 Å². The summed E-state index contributed by atoms with van der Waals surface area (Å²) < 4.78 is 5.35. The first-order chi connectivity index (χ1) is 13.6. The molecule has 0 amide bonds. The molecular weight excluding hydrogens is 423 g/mol. The van der Waals surface area contributed by atoms with Gasteiger partial charge in [0.25, 0.3) is 0 Å². The summed E-state index contributed by atoms with van der Waals surface area (Å²) in [5.41, 5.74) is 2.16. The third-order valence-electron chi connectivity index (χ3n) is 3.70. The highest BCUT2D eigenvalue weighted by Crippen LogP contribution is 2.21. The maximum absolute atomic E-state index is 5.81. The van der Waals surface area contributed by atoms with Crippen molar-refractivity contribution in [2.45, 2.75) is 0 Å². The van der Waals surface area contributed by atoms with Gasteiger partial charge >= 0.3 is 0 Å². The Kier molecular flexibility index (Phi) is 7.62. The third-order valence-corrected chi connectivity index (χ3v) is 4.24. The molecule has 1 N–H and O–H groups in total. The maximum atomic E-state index is 5.81. The van der Waals surface area contributed by atoms with Gasteiger partial charge in [0.15, 0.2) is 5.82 Å². The summed E-state index contributed by atoms with van der Waals surface area (Å²) in [6.07, 6.45) is 6.00. The Balaban J connectivity index is 0.000000236. The second-order valence-electron chi connectivity index (χ2n) is 5.66. The van der Waals surface area contributed by atoms with E-state index in [4.69, 9.17) is 39.5 Å². The van der Waals surface area contributed by atoms with Crippen molar-refractivity contribution in [2.75, 3.05) is 36.5 Å². The molecular formula is C18H17Cl3N6O. The van der Waals surface area contributed by atoms with Gasteiger partial charge in [-0.2, -0.15) is 0 Å². The largest absolute Gasteiger partial charge is 0.378 e. The van der Waals surface area contributed by atoms with Gasteiger partial charge in [-0.1, -0.05) is 34.8 Å². The van der Waals surface area contributed by atoms with E-state index in [0.717, 1.165) is 32.0 Å². The summed E-state index contributed by atoms with van der Waals surface area (Å²) in [5.74, 6) is 0.636. The quantitative estimate of drug-likeness (QED) is 0.644. The normalized spacial score (nSPS) is 13.5. The van der Waals surface area contributed by atoms with Crippen LogP contribution in [0.5, 0.6) is 0 Å². The molecule has 0 aliphatic carbocycles. The fraction of sp³-hybridized carbons (Fsp3) is 0.222. The Morgan fingerprint density at radius 2 is 1.36 bits per heavy atom. The summed E-state index contributed by atoms with van der Waals surface area (Å²) >= 11 is 16.6. The molecule has 0 radical (unpaired) electrons. The van der Waals surface area contributed by atoms with Gasteiger partial charge in [-0.3, -0.25) is 9.97 Å². The molecule has 0 spiro atoms. The summed E-state index contributed by atoms with van der Waals surface area (Å²) in [6.45, 7) is 3.45. The summed E-state index contributed by atoms with van der Waals surface area (Å²) in [5, 5.41) is 4.18. The Hall–Kier alpha value is -2.19. The molecule has 1 aromatic carbocycles. The molecule has 146 valence electrons. The first kappa shape index (κ1) is 20.5. The first-order valence-electron chi connectivity index (χ1n) is 8.40. The van der Waals surface area contributed by atoms with Crippen LogP contribution in [0.2, 0.25) is 15.5 Å². The summed E-state index contributed by atoms with van der Waals surface area (Å²) in [6, 6.07) is 8.22. The molecule has 1 aliphatic rings. The molecule has 0 bridgehead atoms. The van der Waals surface area contributed by atoms with Crippen molar-refractivity contribution in [3.63, 3.8) is 0 Å². The van der Waals surface area contributed by atoms with Gasteiger partial charge in [0.2, 0.25) is 0 Å². The van der Waals surface area contributed by atoms with Crippen molar-refractivity contribution in [3.8, 4) is 0 Å². The van der Waals surface area contributed by atoms with Gasteiger partial charge in [0, 0.05) is 24.5 Å². The van der Waals surface area contributed by atoms with E-state index in [2.05, 4.69) is 42.3 Å². The van der Waals surface area contributed by atoms with Crippen LogP contribution < -0.4 is 10.2 Å². The average Bonchev–Trinajstić information content (AvgIpc) is 2.70. The number of nitrogens with one attached hydrogen (secondary N) is 1. The van der Waals surface area contributed by atoms with Gasteiger partial charge in [-0.05, 0) is 24.3 Å². The number of ether oxygens (including phenoxy) is 1. The van der Waals surface area contributed by atoms with E-state index in [9.17, 15) is 0 Å². The fourth-order valence-electron chi connectivity index (χ4n) is 2.45. The highest BCUT2D eigenvalue weighted by atomic mass is 35.5. The van der Waals surface area contributed by atoms with E-state index in [1.807, 2.05) is 12.1 Å². The SMILES string of the molecule is Clc1cncc(Cl)n1.Clc1cncc(Nc2ccc(N3CCOCC3)cc2)n1. The van der Waals surface area contributed by atoms with Gasteiger partial charge in [0.1, 0.15) is 15.5 Å². The van der Waals surface area contributed by atoms with Crippen LogP contribution in [0.4, 0.5) is 17.2 Å². The molecule has 1 aliphatic heterocycles. The van der Waals surface area contributed by atoms with Crippen molar-refractivity contribution in [1.82, 2.24) is 19.9 Å². The van der Waals surface area contributed by atoms with Crippen LogP contribution in [0, 0.1) is 0 Å². The van der Waals surface area contributed by atoms with Crippen molar-refractivity contribution in [3.05, 3.63) is 64.5 Å². The number of anilines is 3. The summed E-state index contributed by atoms with van der Waals surface area (Å²) in [7, 11) is 0. The molecule has 10 heteroatoms. The number of halogens is 3. The smallest absolute Gasteiger partial charge is 0.150 e. The number of benzene rings is 1. The first-order valence-corrected chi connectivity index (χ1v) is 9.54. The second-order valence-corrected chi connectivity index (χ2v) is 6.82. The predicted molar refractivity (Wildman–Crippen MR) is 112 cm³/mol. The van der Waals surface area contributed by atoms with Crippen molar-refractivity contribution in [1.29, 1.82) is 0 Å². The van der Waals surface area contributed by atoms with Crippen molar-refractivity contribution < 1.29 is 4.74 Å². The number of hydrogen-bond acceptors (Lipinski definition) is 7. The molecule has 0 saturated carbocycles. The molecule has 1 fully saturated rings. The zero-order valence-electron chi connectivity index (χ0n) is 14.7. The molecule has 0 atom stereocenters. The van der Waals surface area contributed by atoms with Crippen LogP contribution in [0.3, 0.4) is 0 Å². The molecule has 2 aromatic heterocycles. The molecule has 28 heavy (non-hydrogen) atoms. The molecule has 4 rings (SSSR count). The lowest BCUT2D eigenvalue weighted by Crippen LogP contribution is -2.36. The van der Waals surface area contributed by atoms with Crippen LogP contribution in [0.15, 0.2) is 49.1 Å². The Labute approximate surface area is 177 Å². The van der Waals surface area contributed by atoms with E-state index in [-0.39, 0.29) is 0 Å². The van der Waals surface area contributed by atoms with E-state index < -0.39 is 0 Å². The topological polar surface area (TPSA) is 76.1 Å². The molecule has 3 aromatic rings. The lowest BCUT2D eigenvalue weighted by molar-refractivity contribution is 0.122. The predicted octanol–water partition coefficient (Wildman–Crippen LogP) is 4.49. The fourth-order valence-corrected chi connectivity index (χ4v) is 2.93. The van der Waals surface area contributed by atoms with Crippen LogP contribution in [0.25, 0.3) is 0 Å². The zero-order chi connectivity index (χ0) is 19.8. The number of morpholine rings is 1. The van der Waals surface area contributed by atoms with Crippen LogP contribution in [0.1, 0.15) is 0 Å². The number of rotatable bonds is 3. The average molecular weight is 440 g/mol. The van der Waals surface area contributed by atoms with E-state index >= 15 is 0 Å². The highest BCUT2D eigenvalue weighted by molar-refractivity contribution is 6.32. The van der Waals surface area contributed by atoms with Crippen molar-refractivity contribution >= 4 is 52.0 Å². The molecule has 3 heterocycles. The van der Waals surface area contributed by atoms with Gasteiger partial charge in [-0.15, -0.1) is 0 Å². The Bertz CT molecular complexity index is 873. The standard InChI is InChI=1S/C14H15ClN4O.C4H2Cl2N2/c15-13-9-16-10-14(18-13)17-11-1-3-12(4-2-11)19-5-7-20-8-6-19;5-3-1-7-2-4(6)8-3/h1-4,9-10H,5-8H2,(H,17,18);1-2H. The lowest BCUT2D eigenvalue weighted by atomic mass is 10.2. The monoisotopic (exact) mass is 438 g/mol. The lowest BCUT2D eigenvalue weighted by Gasteiger charge is -2.28. The minimum absolute atomic E-state index is 0.317. The van der Waals surface area contributed by atoms with E-state index in [0.29, 0.717) is 21.3 Å². The van der Waals surface area contributed by atoms with Gasteiger partial charge < -0.3 is 15.0 Å².